The average Bonchev–Trinajstić information content (AvgIpc) is 3.57. The summed E-state index contributed by atoms with van der Waals surface area (Å²) in [6.07, 6.45) is 2.12. The van der Waals surface area contributed by atoms with E-state index < -0.39 is 29.9 Å². The number of likely N-dealkylation sites (tertiary alicyclic amines) is 1. The Kier molecular flexibility index (Phi) is 10.1. The number of imide groups is 1. The van der Waals surface area contributed by atoms with Gasteiger partial charge in [-0.05, 0) is 30.5 Å². The highest BCUT2D eigenvalue weighted by atomic mass is 16.7. The first-order valence-corrected chi connectivity index (χ1v) is 14.2. The van der Waals surface area contributed by atoms with Crippen LogP contribution in [0.15, 0.2) is 12.1 Å². The van der Waals surface area contributed by atoms with Gasteiger partial charge in [0.05, 0.1) is 19.1 Å². The Balaban J connectivity index is 1.65. The molecule has 3 aliphatic rings. The molecule has 0 unspecified atom stereocenters. The molecule has 1 aromatic carbocycles. The molecule has 0 aromatic heterocycles. The third-order valence-corrected chi connectivity index (χ3v) is 8.24. The molecule has 0 spiro atoms. The summed E-state index contributed by atoms with van der Waals surface area (Å²) in [6.45, 7) is 3.61. The van der Waals surface area contributed by atoms with Crippen LogP contribution in [-0.4, -0.2) is 119 Å². The first-order valence-electron chi connectivity index (χ1n) is 14.2. The minimum Gasteiger partial charge on any atom is -0.481 e. The van der Waals surface area contributed by atoms with Crippen molar-refractivity contribution in [2.45, 2.75) is 51.2 Å². The van der Waals surface area contributed by atoms with E-state index in [2.05, 4.69) is 0 Å². The van der Waals surface area contributed by atoms with Gasteiger partial charge in [-0.2, -0.15) is 0 Å². The summed E-state index contributed by atoms with van der Waals surface area (Å²) in [4.78, 5) is 57.8. The molecule has 0 aliphatic carbocycles. The molecule has 3 heterocycles. The van der Waals surface area contributed by atoms with Crippen molar-refractivity contribution in [2.75, 3.05) is 59.7 Å². The monoisotopic (exact) mass is 575 g/mol. The van der Waals surface area contributed by atoms with Crippen molar-refractivity contribution < 1.29 is 38.9 Å². The van der Waals surface area contributed by atoms with E-state index in [1.165, 1.54) is 9.80 Å². The number of carboxylic acid groups (broad SMARTS) is 1. The second kappa shape index (κ2) is 13.5. The first-order chi connectivity index (χ1) is 19.7. The topological polar surface area (TPSA) is 166 Å². The van der Waals surface area contributed by atoms with E-state index in [0.29, 0.717) is 48.8 Å². The summed E-state index contributed by atoms with van der Waals surface area (Å²) in [7, 11) is 1.62. The number of carbonyl (C=O) groups is 4. The lowest BCUT2D eigenvalue weighted by Crippen LogP contribution is -2.52. The zero-order chi connectivity index (χ0) is 29.7. The SMILES string of the molecule is CCCCN(CCN)C(=O)CN1C[C@H](c2cc(CO)c3c(c2)OCO3)[C@@H](C(=O)O)[C@@H]1CCN1C(=O)CCN(C)C1=O. The van der Waals surface area contributed by atoms with Gasteiger partial charge in [-0.3, -0.25) is 24.2 Å². The average molecular weight is 576 g/mol. The van der Waals surface area contributed by atoms with Gasteiger partial charge >= 0.3 is 12.0 Å². The number of amides is 4. The van der Waals surface area contributed by atoms with Crippen LogP contribution in [0.3, 0.4) is 0 Å². The van der Waals surface area contributed by atoms with E-state index in [1.807, 2.05) is 11.8 Å². The smallest absolute Gasteiger partial charge is 0.326 e. The van der Waals surface area contributed by atoms with Crippen molar-refractivity contribution in [3.63, 3.8) is 0 Å². The summed E-state index contributed by atoms with van der Waals surface area (Å²) in [6, 6.07) is 2.41. The number of benzene rings is 1. The highest BCUT2D eigenvalue weighted by Gasteiger charge is 2.48. The zero-order valence-electron chi connectivity index (χ0n) is 23.8. The van der Waals surface area contributed by atoms with Gasteiger partial charge < -0.3 is 35.2 Å². The Morgan fingerprint density at radius 1 is 1.20 bits per heavy atom. The van der Waals surface area contributed by atoms with Crippen molar-refractivity contribution >= 4 is 23.8 Å². The largest absolute Gasteiger partial charge is 0.481 e. The minimum atomic E-state index is -1.05. The maximum Gasteiger partial charge on any atom is 0.326 e. The first kappa shape index (κ1) is 30.5. The number of carbonyl (C=O) groups excluding carboxylic acids is 3. The van der Waals surface area contributed by atoms with Crippen LogP contribution in [-0.2, 0) is 21.0 Å². The number of fused-ring (bicyclic) bond motifs is 1. The van der Waals surface area contributed by atoms with Crippen LogP contribution < -0.4 is 15.2 Å². The van der Waals surface area contributed by atoms with Crippen molar-refractivity contribution in [3.8, 4) is 11.5 Å². The Morgan fingerprint density at radius 3 is 2.66 bits per heavy atom. The molecule has 4 N–H and O–H groups in total. The van der Waals surface area contributed by atoms with Gasteiger partial charge in [-0.25, -0.2) is 4.79 Å². The molecule has 226 valence electrons. The third kappa shape index (κ3) is 6.57. The lowest BCUT2D eigenvalue weighted by molar-refractivity contribution is -0.144. The van der Waals surface area contributed by atoms with Crippen LogP contribution >= 0.6 is 0 Å². The Bertz CT molecular complexity index is 1150. The van der Waals surface area contributed by atoms with E-state index in [0.717, 1.165) is 12.8 Å². The highest BCUT2D eigenvalue weighted by molar-refractivity contribution is 5.96. The van der Waals surface area contributed by atoms with E-state index in [-0.39, 0.29) is 57.7 Å². The van der Waals surface area contributed by atoms with Crippen LogP contribution in [0.1, 0.15) is 49.7 Å². The number of urea groups is 1. The number of aliphatic hydroxyl groups excluding tert-OH is 1. The summed E-state index contributed by atoms with van der Waals surface area (Å²) in [5.74, 6) is -2.11. The van der Waals surface area contributed by atoms with E-state index >= 15 is 0 Å². The molecule has 0 saturated carbocycles. The standard InChI is InChI=1S/C28H41N5O8/c1-3-4-8-31(11-7-29)24(36)15-32-14-20(18-12-19(16-34)26-22(13-18)40-17-41-26)25(27(37)38)21(32)5-10-33-23(35)6-9-30(2)28(33)39/h12-13,20-21,25,34H,3-11,14-17,29H2,1-2H3,(H,37,38)/t20-,21+,25-/m1/s1. The highest BCUT2D eigenvalue weighted by Crippen LogP contribution is 2.44. The predicted molar refractivity (Wildman–Crippen MR) is 147 cm³/mol. The molecule has 13 nitrogen and oxygen atoms in total. The Morgan fingerprint density at radius 2 is 1.98 bits per heavy atom. The van der Waals surface area contributed by atoms with Crippen LogP contribution in [0.25, 0.3) is 0 Å². The quantitative estimate of drug-likeness (QED) is 0.304. The molecular formula is C28H41N5O8. The van der Waals surface area contributed by atoms with Gasteiger partial charge in [0.2, 0.25) is 18.6 Å². The van der Waals surface area contributed by atoms with Crippen molar-refractivity contribution in [1.29, 1.82) is 0 Å². The van der Waals surface area contributed by atoms with Crippen molar-refractivity contribution in [1.82, 2.24) is 19.6 Å². The molecule has 4 rings (SSSR count). The van der Waals surface area contributed by atoms with E-state index in [4.69, 9.17) is 15.2 Å². The van der Waals surface area contributed by atoms with Crippen molar-refractivity contribution in [3.05, 3.63) is 23.3 Å². The Hall–Kier alpha value is -3.42. The normalized spacial score (nSPS) is 22.5. The summed E-state index contributed by atoms with van der Waals surface area (Å²) in [5.41, 5.74) is 6.92. The molecule has 1 aromatic rings. The number of nitrogens with two attached hydrogens (primary N) is 1. The molecule has 2 fully saturated rings. The second-order valence-electron chi connectivity index (χ2n) is 10.9. The van der Waals surface area contributed by atoms with Gasteiger partial charge in [0, 0.05) is 70.3 Å². The molecule has 0 bridgehead atoms. The molecule has 0 radical (unpaired) electrons. The second-order valence-corrected chi connectivity index (χ2v) is 10.9. The number of nitrogens with zero attached hydrogens (tertiary/aromatic N) is 4. The number of hydrogen-bond donors (Lipinski definition) is 3. The van der Waals surface area contributed by atoms with Crippen LogP contribution in [0.2, 0.25) is 0 Å². The van der Waals surface area contributed by atoms with E-state index in [9.17, 15) is 29.4 Å². The molecule has 3 aliphatic heterocycles. The number of unbranched alkanes of at least 4 members (excludes halogenated alkanes) is 1. The molecule has 3 atom stereocenters. The van der Waals surface area contributed by atoms with Gasteiger partial charge in [-0.1, -0.05) is 13.3 Å². The minimum absolute atomic E-state index is 0.00312. The van der Waals surface area contributed by atoms with Crippen LogP contribution in [0, 0.1) is 5.92 Å². The molecular weight excluding hydrogens is 534 g/mol. The Labute approximate surface area is 239 Å². The fraction of sp³-hybridized carbons (Fsp3) is 0.643. The summed E-state index contributed by atoms with van der Waals surface area (Å²) >= 11 is 0. The van der Waals surface area contributed by atoms with Gasteiger partial charge in [0.25, 0.3) is 0 Å². The number of aliphatic hydroxyl groups is 1. The number of hydrogen-bond acceptors (Lipinski definition) is 9. The lowest BCUT2D eigenvalue weighted by atomic mass is 9.83. The van der Waals surface area contributed by atoms with Gasteiger partial charge in [0.1, 0.15) is 0 Å². The number of aliphatic carboxylic acids is 1. The van der Waals surface area contributed by atoms with Crippen LogP contribution in [0.4, 0.5) is 4.79 Å². The summed E-state index contributed by atoms with van der Waals surface area (Å²) in [5, 5.41) is 20.4. The predicted octanol–water partition coefficient (Wildman–Crippen LogP) is 0.638. The lowest BCUT2D eigenvalue weighted by Gasteiger charge is -2.34. The molecule has 41 heavy (non-hydrogen) atoms. The maximum atomic E-state index is 13.5. The third-order valence-electron chi connectivity index (χ3n) is 8.24. The summed E-state index contributed by atoms with van der Waals surface area (Å²) < 4.78 is 11.0. The van der Waals surface area contributed by atoms with E-state index in [1.54, 1.807) is 24.1 Å². The zero-order valence-corrected chi connectivity index (χ0v) is 23.8. The van der Waals surface area contributed by atoms with Gasteiger partial charge in [-0.15, -0.1) is 0 Å². The molecule has 4 amide bonds. The number of ether oxygens (including phenoxy) is 2. The van der Waals surface area contributed by atoms with Gasteiger partial charge in [0.15, 0.2) is 11.5 Å². The number of carboxylic acids is 1. The fourth-order valence-electron chi connectivity index (χ4n) is 6.06. The fourth-order valence-corrected chi connectivity index (χ4v) is 6.06. The maximum absolute atomic E-state index is 13.5. The number of rotatable bonds is 13. The molecule has 13 heteroatoms. The van der Waals surface area contributed by atoms with Crippen LogP contribution in [0.5, 0.6) is 11.5 Å². The molecule has 2 saturated heterocycles. The van der Waals surface area contributed by atoms with Crippen molar-refractivity contribution in [2.24, 2.45) is 11.7 Å².